The van der Waals surface area contributed by atoms with E-state index in [2.05, 4.69) is 45.4 Å². The molecule has 0 amide bonds. The van der Waals surface area contributed by atoms with Crippen molar-refractivity contribution in [2.24, 2.45) is 0 Å². The Bertz CT molecular complexity index is 1440. The number of halogens is 1. The minimum atomic E-state index is -0.887. The van der Waals surface area contributed by atoms with E-state index in [0.29, 0.717) is 55.0 Å². The summed E-state index contributed by atoms with van der Waals surface area (Å²) in [6.07, 6.45) is 6.74. The number of piperidine rings is 1. The van der Waals surface area contributed by atoms with Crippen LogP contribution in [0, 0.1) is 19.7 Å². The number of hydrogen-bond acceptors (Lipinski definition) is 10. The first-order chi connectivity index (χ1) is 18.7. The zero-order chi connectivity index (χ0) is 27.6. The summed E-state index contributed by atoms with van der Waals surface area (Å²) in [4.78, 5) is 33.6. The van der Waals surface area contributed by atoms with Crippen molar-refractivity contribution in [1.82, 2.24) is 39.9 Å². The van der Waals surface area contributed by atoms with Gasteiger partial charge in [-0.2, -0.15) is 15.2 Å². The summed E-state index contributed by atoms with van der Waals surface area (Å²) >= 11 is 0. The highest BCUT2D eigenvalue weighted by atomic mass is 19.1. The SMILES string of the molecule is COC1(C(=O)C[C@@H](C)c2cnc(-n3cc(F)cn3)cn2)CCN(c2nc(C)cc(Nc3cc(C)[nH]n3)n2)CC1. The lowest BCUT2D eigenvalue weighted by Gasteiger charge is -2.40. The van der Waals surface area contributed by atoms with Crippen LogP contribution in [0.3, 0.4) is 0 Å². The molecule has 12 nitrogen and oxygen atoms in total. The lowest BCUT2D eigenvalue weighted by molar-refractivity contribution is -0.144. The molecule has 5 heterocycles. The van der Waals surface area contributed by atoms with Crippen molar-refractivity contribution in [2.75, 3.05) is 30.4 Å². The summed E-state index contributed by atoms with van der Waals surface area (Å²) in [7, 11) is 1.59. The highest BCUT2D eigenvalue weighted by molar-refractivity contribution is 5.88. The van der Waals surface area contributed by atoms with E-state index in [4.69, 9.17) is 4.74 Å². The number of methoxy groups -OCH3 is 1. The molecule has 0 spiro atoms. The molecule has 204 valence electrons. The number of Topliss-reactive ketones (excluding diaryl/α,β-unsaturated/α-hetero) is 1. The molecule has 0 radical (unpaired) electrons. The molecule has 2 N–H and O–H groups in total. The maximum atomic E-state index is 13.5. The van der Waals surface area contributed by atoms with Crippen molar-refractivity contribution in [3.8, 4) is 5.82 Å². The fourth-order valence-corrected chi connectivity index (χ4v) is 4.74. The van der Waals surface area contributed by atoms with Gasteiger partial charge in [0.2, 0.25) is 5.95 Å². The van der Waals surface area contributed by atoms with Gasteiger partial charge in [-0.15, -0.1) is 0 Å². The normalized spacial score (nSPS) is 15.8. The molecule has 1 atom stereocenters. The quantitative estimate of drug-likeness (QED) is 0.328. The number of ketones is 1. The lowest BCUT2D eigenvalue weighted by Crippen LogP contribution is -2.51. The highest BCUT2D eigenvalue weighted by Gasteiger charge is 2.42. The van der Waals surface area contributed by atoms with Gasteiger partial charge in [-0.05, 0) is 13.8 Å². The second-order valence-electron chi connectivity index (χ2n) is 9.87. The van der Waals surface area contributed by atoms with Crippen LogP contribution in [0.5, 0.6) is 0 Å². The average Bonchev–Trinajstić information content (AvgIpc) is 3.55. The van der Waals surface area contributed by atoms with Gasteiger partial charge < -0.3 is 15.0 Å². The Kier molecular flexibility index (Phi) is 7.33. The largest absolute Gasteiger partial charge is 0.370 e. The fraction of sp³-hybridized carbons (Fsp3) is 0.423. The van der Waals surface area contributed by atoms with Crippen LogP contribution in [-0.2, 0) is 9.53 Å². The number of nitrogens with zero attached hydrogens (tertiary/aromatic N) is 8. The first-order valence-electron chi connectivity index (χ1n) is 12.8. The number of anilines is 3. The number of ether oxygens (including phenoxy) is 1. The van der Waals surface area contributed by atoms with Crippen molar-refractivity contribution in [3.63, 3.8) is 0 Å². The molecule has 39 heavy (non-hydrogen) atoms. The third-order valence-corrected chi connectivity index (χ3v) is 7.00. The topological polar surface area (TPSA) is 140 Å². The monoisotopic (exact) mass is 534 g/mol. The minimum absolute atomic E-state index is 0.0265. The predicted octanol–water partition coefficient (Wildman–Crippen LogP) is 3.42. The molecule has 0 saturated carbocycles. The zero-order valence-corrected chi connectivity index (χ0v) is 22.3. The van der Waals surface area contributed by atoms with Crippen molar-refractivity contribution < 1.29 is 13.9 Å². The van der Waals surface area contributed by atoms with Crippen molar-refractivity contribution in [1.29, 1.82) is 0 Å². The molecular weight excluding hydrogens is 503 g/mol. The molecule has 0 aliphatic carbocycles. The van der Waals surface area contributed by atoms with Gasteiger partial charge in [0.05, 0.1) is 30.5 Å². The summed E-state index contributed by atoms with van der Waals surface area (Å²) in [6.45, 7) is 6.94. The Morgan fingerprint density at radius 2 is 1.95 bits per heavy atom. The molecule has 1 aliphatic rings. The third kappa shape index (κ3) is 5.77. The van der Waals surface area contributed by atoms with Gasteiger partial charge in [0.1, 0.15) is 11.4 Å². The smallest absolute Gasteiger partial charge is 0.227 e. The zero-order valence-electron chi connectivity index (χ0n) is 22.3. The minimum Gasteiger partial charge on any atom is -0.370 e. The highest BCUT2D eigenvalue weighted by Crippen LogP contribution is 2.32. The molecule has 13 heteroatoms. The Balaban J connectivity index is 1.22. The van der Waals surface area contributed by atoms with E-state index >= 15 is 0 Å². The summed E-state index contributed by atoms with van der Waals surface area (Å²) < 4.78 is 20.4. The number of aryl methyl sites for hydroxylation is 2. The second-order valence-corrected chi connectivity index (χ2v) is 9.87. The molecule has 4 aromatic rings. The molecule has 1 aliphatic heterocycles. The Morgan fingerprint density at radius 3 is 2.56 bits per heavy atom. The van der Waals surface area contributed by atoms with E-state index in [9.17, 15) is 9.18 Å². The van der Waals surface area contributed by atoms with Crippen molar-refractivity contribution >= 4 is 23.4 Å². The van der Waals surface area contributed by atoms with Crippen LogP contribution < -0.4 is 10.2 Å². The summed E-state index contributed by atoms with van der Waals surface area (Å²) in [5.41, 5.74) is 1.56. The first kappa shape index (κ1) is 26.4. The van der Waals surface area contributed by atoms with Gasteiger partial charge in [0, 0.05) is 68.9 Å². The van der Waals surface area contributed by atoms with E-state index in [1.807, 2.05) is 32.9 Å². The molecule has 0 bridgehead atoms. The van der Waals surface area contributed by atoms with Gasteiger partial charge in [-0.3, -0.25) is 14.9 Å². The maximum absolute atomic E-state index is 13.5. The predicted molar refractivity (Wildman–Crippen MR) is 142 cm³/mol. The first-order valence-corrected chi connectivity index (χ1v) is 12.8. The number of rotatable bonds is 9. The maximum Gasteiger partial charge on any atom is 0.227 e. The van der Waals surface area contributed by atoms with Gasteiger partial charge >= 0.3 is 0 Å². The number of aromatic amines is 1. The van der Waals surface area contributed by atoms with Gasteiger partial charge in [-0.25, -0.2) is 19.0 Å². The lowest BCUT2D eigenvalue weighted by atomic mass is 9.82. The van der Waals surface area contributed by atoms with E-state index in [1.54, 1.807) is 13.3 Å². The van der Waals surface area contributed by atoms with E-state index < -0.39 is 11.4 Å². The second kappa shape index (κ2) is 10.8. The van der Waals surface area contributed by atoms with Crippen molar-refractivity contribution in [2.45, 2.75) is 51.6 Å². The van der Waals surface area contributed by atoms with E-state index in [1.165, 1.54) is 17.1 Å². The van der Waals surface area contributed by atoms with Crippen LogP contribution in [0.2, 0.25) is 0 Å². The number of carbonyl (C=O) groups excluding carboxylic acids is 1. The number of aromatic nitrogens is 8. The number of hydrogen-bond donors (Lipinski definition) is 2. The van der Waals surface area contributed by atoms with Crippen LogP contribution >= 0.6 is 0 Å². The van der Waals surface area contributed by atoms with Crippen molar-refractivity contribution in [3.05, 3.63) is 59.8 Å². The summed E-state index contributed by atoms with van der Waals surface area (Å²) in [5.74, 6) is 1.74. The van der Waals surface area contributed by atoms with Gasteiger partial charge in [0.15, 0.2) is 23.2 Å². The van der Waals surface area contributed by atoms with Crippen LogP contribution in [0.4, 0.5) is 22.0 Å². The number of nitrogens with one attached hydrogen (secondary N) is 2. The fourth-order valence-electron chi connectivity index (χ4n) is 4.74. The van der Waals surface area contributed by atoms with Gasteiger partial charge in [-0.1, -0.05) is 6.92 Å². The molecule has 1 fully saturated rings. The Morgan fingerprint density at radius 1 is 1.15 bits per heavy atom. The number of carbonyl (C=O) groups is 1. The molecule has 4 aromatic heterocycles. The van der Waals surface area contributed by atoms with E-state index in [-0.39, 0.29) is 18.1 Å². The van der Waals surface area contributed by atoms with Crippen LogP contribution in [0.25, 0.3) is 5.82 Å². The summed E-state index contributed by atoms with van der Waals surface area (Å²) in [5, 5.41) is 14.2. The molecular formula is C26H31FN10O2. The van der Waals surface area contributed by atoms with Crippen LogP contribution in [-0.4, -0.2) is 71.5 Å². The van der Waals surface area contributed by atoms with Crippen LogP contribution in [0.1, 0.15) is 49.2 Å². The molecule has 1 saturated heterocycles. The Hall–Kier alpha value is -4.26. The van der Waals surface area contributed by atoms with E-state index in [0.717, 1.165) is 17.6 Å². The summed E-state index contributed by atoms with van der Waals surface area (Å²) in [6, 6.07) is 3.77. The molecule has 0 unspecified atom stereocenters. The molecule has 5 rings (SSSR count). The Labute approximate surface area is 225 Å². The third-order valence-electron chi connectivity index (χ3n) is 7.00. The molecule has 0 aromatic carbocycles. The standard InChI is InChI=1S/C26H31FN10O2/c1-16(20-13-29-24(14-28-20)37-15-19(27)12-30-37)9-21(38)26(39-4)5-7-36(8-6-26)25-31-17(2)10-22(33-25)32-23-11-18(3)34-35-23/h10-16H,5-9H2,1-4H3,(H2,31,32,33,34,35)/t16-/m1/s1. The number of H-pyrrole nitrogens is 1. The van der Waals surface area contributed by atoms with Crippen LogP contribution in [0.15, 0.2) is 36.9 Å². The van der Waals surface area contributed by atoms with Gasteiger partial charge in [0.25, 0.3) is 0 Å². The average molecular weight is 535 g/mol.